The van der Waals surface area contributed by atoms with Crippen LogP contribution in [0, 0.1) is 5.92 Å². The van der Waals surface area contributed by atoms with Crippen molar-refractivity contribution in [3.05, 3.63) is 46.5 Å². The number of hydrogen-bond donors (Lipinski definition) is 2. The Morgan fingerprint density at radius 1 is 1.33 bits per heavy atom. The van der Waals surface area contributed by atoms with Crippen molar-refractivity contribution in [3.8, 4) is 5.75 Å². The van der Waals surface area contributed by atoms with Gasteiger partial charge in [-0.05, 0) is 31.0 Å². The molecule has 3 heterocycles. The SMILES string of the molecule is COc1cc2cc(c1Cl)N(C)[C@H]1O[C@H]1[C@H](C)C1C[C@@](O)(NC(=O)O1)[C@H](OC)/C=C/C=C(\C)C2. The third-order valence-corrected chi connectivity index (χ3v) is 7.01. The number of aliphatic hydroxyl groups is 1. The molecule has 1 aromatic rings. The molecule has 6 atom stereocenters. The first-order valence-electron chi connectivity index (χ1n) is 11.0. The number of benzene rings is 1. The number of alkyl carbamates (subject to hydrolysis) is 1. The Balaban J connectivity index is 1.75. The maximum atomic E-state index is 12.3. The zero-order valence-corrected chi connectivity index (χ0v) is 20.3. The molecule has 4 rings (SSSR count). The molecule has 0 aromatic heterocycles. The molecule has 1 amide bonds. The summed E-state index contributed by atoms with van der Waals surface area (Å²) in [6.07, 6.45) is 3.91. The highest BCUT2D eigenvalue weighted by atomic mass is 35.5. The van der Waals surface area contributed by atoms with Crippen LogP contribution < -0.4 is 15.0 Å². The predicted molar refractivity (Wildman–Crippen MR) is 125 cm³/mol. The third-order valence-electron chi connectivity index (χ3n) is 6.63. The number of nitrogens with one attached hydrogen (secondary N) is 1. The first-order valence-corrected chi connectivity index (χ1v) is 11.4. The lowest BCUT2D eigenvalue weighted by atomic mass is 9.88. The Morgan fingerprint density at radius 2 is 2.09 bits per heavy atom. The molecule has 2 fully saturated rings. The van der Waals surface area contributed by atoms with Gasteiger partial charge in [0.25, 0.3) is 0 Å². The van der Waals surface area contributed by atoms with Crippen LogP contribution in [0.3, 0.4) is 0 Å². The predicted octanol–water partition coefficient (Wildman–Crippen LogP) is 3.41. The first kappa shape index (κ1) is 23.9. The lowest BCUT2D eigenvalue weighted by Gasteiger charge is -2.42. The monoisotopic (exact) mass is 478 g/mol. The molecule has 8 nitrogen and oxygen atoms in total. The van der Waals surface area contributed by atoms with E-state index < -0.39 is 24.0 Å². The van der Waals surface area contributed by atoms with E-state index in [4.69, 9.17) is 30.5 Å². The number of likely N-dealkylation sites (N-methyl/N-ethyl adjacent to an activating group) is 1. The molecule has 2 saturated heterocycles. The highest BCUT2D eigenvalue weighted by Crippen LogP contribution is 2.43. The Labute approximate surface area is 199 Å². The van der Waals surface area contributed by atoms with Crippen LogP contribution in [0.2, 0.25) is 5.02 Å². The Hall–Kier alpha value is -2.26. The van der Waals surface area contributed by atoms with E-state index in [1.165, 1.54) is 7.11 Å². The highest BCUT2D eigenvalue weighted by Gasteiger charge is 2.54. The van der Waals surface area contributed by atoms with E-state index in [2.05, 4.69) is 5.32 Å². The summed E-state index contributed by atoms with van der Waals surface area (Å²) in [5.74, 6) is 0.429. The summed E-state index contributed by atoms with van der Waals surface area (Å²) in [6.45, 7) is 3.97. The number of rotatable bonds is 2. The fourth-order valence-corrected chi connectivity index (χ4v) is 4.98. The zero-order chi connectivity index (χ0) is 23.9. The van der Waals surface area contributed by atoms with Crippen LogP contribution >= 0.6 is 11.6 Å². The van der Waals surface area contributed by atoms with Crippen molar-refractivity contribution in [2.45, 2.75) is 57.0 Å². The summed E-state index contributed by atoms with van der Waals surface area (Å²) in [7, 11) is 5.02. The molecule has 3 aliphatic rings. The summed E-state index contributed by atoms with van der Waals surface area (Å²) in [5.41, 5.74) is 1.34. The van der Waals surface area contributed by atoms with Crippen LogP contribution in [0.5, 0.6) is 5.75 Å². The molecule has 4 bridgehead atoms. The maximum Gasteiger partial charge on any atom is 0.409 e. The van der Waals surface area contributed by atoms with E-state index in [0.717, 1.165) is 16.8 Å². The number of hydrogen-bond acceptors (Lipinski definition) is 7. The van der Waals surface area contributed by atoms with Gasteiger partial charge in [0.2, 0.25) is 0 Å². The van der Waals surface area contributed by atoms with E-state index >= 15 is 0 Å². The second-order valence-corrected chi connectivity index (χ2v) is 9.40. The number of fused-ring (bicyclic) bond motifs is 5. The first-order chi connectivity index (χ1) is 15.7. The smallest absolute Gasteiger partial charge is 0.409 e. The molecule has 0 saturated carbocycles. The van der Waals surface area contributed by atoms with Crippen molar-refractivity contribution in [3.63, 3.8) is 0 Å². The second-order valence-electron chi connectivity index (χ2n) is 9.02. The summed E-state index contributed by atoms with van der Waals surface area (Å²) in [4.78, 5) is 14.3. The van der Waals surface area contributed by atoms with Gasteiger partial charge in [0.1, 0.15) is 29.1 Å². The number of allylic oxidation sites excluding steroid dienone is 3. The molecular weight excluding hydrogens is 448 g/mol. The highest BCUT2D eigenvalue weighted by molar-refractivity contribution is 6.34. The number of carbonyl (C=O) groups is 1. The largest absolute Gasteiger partial charge is 0.495 e. The second kappa shape index (κ2) is 9.18. The minimum Gasteiger partial charge on any atom is -0.495 e. The normalized spacial score (nSPS) is 36.6. The zero-order valence-electron chi connectivity index (χ0n) is 19.5. The van der Waals surface area contributed by atoms with Gasteiger partial charge in [-0.2, -0.15) is 0 Å². The number of methoxy groups -OCH3 is 2. The van der Waals surface area contributed by atoms with E-state index in [1.807, 2.05) is 50.1 Å². The molecule has 0 radical (unpaired) electrons. The molecule has 0 spiro atoms. The van der Waals surface area contributed by atoms with E-state index in [-0.39, 0.29) is 24.7 Å². The fourth-order valence-electron chi connectivity index (χ4n) is 4.66. The van der Waals surface area contributed by atoms with Gasteiger partial charge in [-0.15, -0.1) is 0 Å². The van der Waals surface area contributed by atoms with Gasteiger partial charge in [-0.25, -0.2) is 4.79 Å². The number of amides is 1. The average Bonchev–Trinajstić information content (AvgIpc) is 3.56. The number of ether oxygens (including phenoxy) is 4. The summed E-state index contributed by atoms with van der Waals surface area (Å²) in [5, 5.41) is 14.3. The van der Waals surface area contributed by atoms with Gasteiger partial charge in [-0.3, -0.25) is 5.32 Å². The lowest BCUT2D eigenvalue weighted by molar-refractivity contribution is -0.142. The van der Waals surface area contributed by atoms with E-state index in [0.29, 0.717) is 17.2 Å². The van der Waals surface area contributed by atoms with Crippen molar-refractivity contribution >= 4 is 23.4 Å². The van der Waals surface area contributed by atoms with Gasteiger partial charge < -0.3 is 29.0 Å². The van der Waals surface area contributed by atoms with Crippen LogP contribution in [-0.2, 0) is 20.6 Å². The molecule has 1 unspecified atom stereocenters. The standard InChI is InChI=1S/C24H31ClN2O6/c1-13-7-6-8-19(31-5)24(29)12-18(32-23(28)26-24)14(2)21-22(33-21)27(3)16-10-15(9-13)11-17(30-4)20(16)25/h6-8,10-11,14,18-19,21-22,29H,9,12H2,1-5H3,(H,26,28)/b8-6+,13-7+/t14-,18?,19-,21+,22+,24+/m1/s1. The number of carbonyl (C=O) groups excluding carboxylic acids is 1. The average molecular weight is 479 g/mol. The minimum absolute atomic E-state index is 0.159. The lowest BCUT2D eigenvalue weighted by Crippen LogP contribution is -2.63. The summed E-state index contributed by atoms with van der Waals surface area (Å²) in [6, 6.07) is 3.98. The molecule has 2 N–H and O–H groups in total. The van der Waals surface area contributed by atoms with Gasteiger partial charge in [0.05, 0.1) is 12.8 Å². The van der Waals surface area contributed by atoms with Gasteiger partial charge in [0.15, 0.2) is 12.0 Å². The van der Waals surface area contributed by atoms with Crippen LogP contribution in [0.25, 0.3) is 0 Å². The van der Waals surface area contributed by atoms with Crippen LogP contribution in [0.15, 0.2) is 35.9 Å². The maximum absolute atomic E-state index is 12.3. The molecule has 1 aromatic carbocycles. The van der Waals surface area contributed by atoms with Crippen LogP contribution in [0.1, 0.15) is 25.8 Å². The minimum atomic E-state index is -1.60. The Bertz CT molecular complexity index is 982. The summed E-state index contributed by atoms with van der Waals surface area (Å²) >= 11 is 6.65. The van der Waals surface area contributed by atoms with Gasteiger partial charge in [0, 0.05) is 26.5 Å². The van der Waals surface area contributed by atoms with Gasteiger partial charge >= 0.3 is 6.09 Å². The van der Waals surface area contributed by atoms with Gasteiger partial charge in [-0.1, -0.05) is 42.3 Å². The molecule has 0 aliphatic carbocycles. The van der Waals surface area contributed by atoms with Crippen LogP contribution in [-0.4, -0.2) is 62.7 Å². The van der Waals surface area contributed by atoms with Crippen LogP contribution in [0.4, 0.5) is 10.5 Å². The molecule has 180 valence electrons. The van der Waals surface area contributed by atoms with Crippen molar-refractivity contribution in [1.82, 2.24) is 5.32 Å². The Morgan fingerprint density at radius 3 is 2.79 bits per heavy atom. The third kappa shape index (κ3) is 4.71. The van der Waals surface area contributed by atoms with Crippen molar-refractivity contribution < 1.29 is 28.8 Å². The fraction of sp³-hybridized carbons (Fsp3) is 0.542. The molecule has 9 heteroatoms. The molecular formula is C24H31ClN2O6. The number of halogens is 1. The number of anilines is 1. The number of epoxide rings is 1. The summed E-state index contributed by atoms with van der Waals surface area (Å²) < 4.78 is 22.6. The number of nitrogens with zero attached hydrogens (tertiary/aromatic N) is 1. The van der Waals surface area contributed by atoms with Crippen molar-refractivity contribution in [1.29, 1.82) is 0 Å². The van der Waals surface area contributed by atoms with Crippen molar-refractivity contribution in [2.75, 3.05) is 26.2 Å². The quantitative estimate of drug-likeness (QED) is 0.629. The van der Waals surface area contributed by atoms with E-state index in [1.54, 1.807) is 13.2 Å². The molecule has 33 heavy (non-hydrogen) atoms. The van der Waals surface area contributed by atoms with E-state index in [9.17, 15) is 9.90 Å². The topological polar surface area (TPSA) is 92.8 Å². The molecule has 3 aliphatic heterocycles. The van der Waals surface area contributed by atoms with Crippen molar-refractivity contribution in [2.24, 2.45) is 5.92 Å². The Kier molecular flexibility index (Phi) is 6.64.